The second-order valence-electron chi connectivity index (χ2n) is 7.83. The molecule has 1 rings (SSSR count). The predicted octanol–water partition coefficient (Wildman–Crippen LogP) is 3.94. The Balaban J connectivity index is 2.89. The van der Waals surface area contributed by atoms with Crippen LogP contribution in [-0.2, 0) is 9.53 Å². The molecular formula is C19H29NO5. The van der Waals surface area contributed by atoms with Crippen LogP contribution in [0.25, 0.3) is 0 Å². The summed E-state index contributed by atoms with van der Waals surface area (Å²) in [5.74, 6) is -0.427. The lowest BCUT2D eigenvalue weighted by Crippen LogP contribution is -2.56. The van der Waals surface area contributed by atoms with Crippen molar-refractivity contribution in [2.75, 3.05) is 6.61 Å². The van der Waals surface area contributed by atoms with Gasteiger partial charge < -0.3 is 14.6 Å². The highest BCUT2D eigenvalue weighted by molar-refractivity contribution is 5.80. The van der Waals surface area contributed by atoms with Crippen molar-refractivity contribution in [2.45, 2.75) is 65.1 Å². The minimum absolute atomic E-state index is 0.154. The first-order chi connectivity index (χ1) is 11.4. The second-order valence-corrected chi connectivity index (χ2v) is 7.83. The molecule has 0 spiro atoms. The number of nitrogens with zero attached hydrogens (tertiary/aromatic N) is 1. The van der Waals surface area contributed by atoms with Gasteiger partial charge in [0.05, 0.1) is 6.61 Å². The average molecular weight is 351 g/mol. The van der Waals surface area contributed by atoms with Crippen molar-refractivity contribution in [3.05, 3.63) is 30.3 Å². The highest BCUT2D eigenvalue weighted by Gasteiger charge is 2.39. The van der Waals surface area contributed by atoms with E-state index in [2.05, 4.69) is 0 Å². The predicted molar refractivity (Wildman–Crippen MR) is 95.8 cm³/mol. The first-order valence-corrected chi connectivity index (χ1v) is 8.35. The number of rotatable bonds is 6. The van der Waals surface area contributed by atoms with Crippen LogP contribution in [0.2, 0.25) is 0 Å². The van der Waals surface area contributed by atoms with Crippen molar-refractivity contribution < 1.29 is 24.2 Å². The summed E-state index contributed by atoms with van der Waals surface area (Å²) < 4.78 is 11.0. The zero-order valence-electron chi connectivity index (χ0n) is 15.9. The van der Waals surface area contributed by atoms with Gasteiger partial charge in [-0.15, -0.1) is 0 Å². The molecule has 1 aromatic carbocycles. The third-order valence-corrected chi connectivity index (χ3v) is 3.31. The Kier molecular flexibility index (Phi) is 6.85. The number of hydrogen-bond acceptors (Lipinski definition) is 4. The van der Waals surface area contributed by atoms with E-state index >= 15 is 0 Å². The Labute approximate surface area is 149 Å². The number of aliphatic carboxylic acids is 1. The van der Waals surface area contributed by atoms with Gasteiger partial charge in [0.25, 0.3) is 0 Å². The summed E-state index contributed by atoms with van der Waals surface area (Å²) >= 11 is 0. The molecule has 0 saturated carbocycles. The van der Waals surface area contributed by atoms with Crippen LogP contribution in [0.3, 0.4) is 0 Å². The molecule has 0 aliphatic heterocycles. The van der Waals surface area contributed by atoms with Crippen molar-refractivity contribution in [1.29, 1.82) is 0 Å². The van der Waals surface area contributed by atoms with E-state index < -0.39 is 29.2 Å². The highest BCUT2D eigenvalue weighted by atomic mass is 16.6. The summed E-state index contributed by atoms with van der Waals surface area (Å²) in [6.07, 6.45) is -0.493. The topological polar surface area (TPSA) is 76.1 Å². The molecule has 25 heavy (non-hydrogen) atoms. The van der Waals surface area contributed by atoms with Crippen LogP contribution in [0.5, 0.6) is 5.75 Å². The molecule has 1 aromatic rings. The smallest absolute Gasteiger partial charge is 0.411 e. The fraction of sp³-hybridized carbons (Fsp3) is 0.579. The molecule has 0 saturated heterocycles. The summed E-state index contributed by atoms with van der Waals surface area (Å²) in [5.41, 5.74) is -1.41. The molecule has 0 aliphatic rings. The van der Waals surface area contributed by atoms with Gasteiger partial charge in [-0.3, -0.25) is 4.90 Å². The van der Waals surface area contributed by atoms with Gasteiger partial charge in [-0.05, 0) is 53.7 Å². The Hall–Kier alpha value is -2.24. The third kappa shape index (κ3) is 7.03. The number of benzene rings is 1. The van der Waals surface area contributed by atoms with Gasteiger partial charge in [-0.1, -0.05) is 18.2 Å². The lowest BCUT2D eigenvalue weighted by Gasteiger charge is -2.40. The van der Waals surface area contributed by atoms with Gasteiger partial charge in [0, 0.05) is 12.0 Å². The molecule has 0 bridgehead atoms. The molecule has 140 valence electrons. The van der Waals surface area contributed by atoms with Crippen LogP contribution in [-0.4, -0.2) is 45.9 Å². The maximum Gasteiger partial charge on any atom is 0.411 e. The zero-order chi connectivity index (χ0) is 19.3. The van der Waals surface area contributed by atoms with Crippen molar-refractivity contribution in [2.24, 2.45) is 0 Å². The molecule has 0 radical (unpaired) electrons. The van der Waals surface area contributed by atoms with Crippen LogP contribution in [0.4, 0.5) is 4.79 Å². The monoisotopic (exact) mass is 351 g/mol. The van der Waals surface area contributed by atoms with Crippen LogP contribution >= 0.6 is 0 Å². The van der Waals surface area contributed by atoms with Crippen molar-refractivity contribution in [1.82, 2.24) is 4.90 Å². The quantitative estimate of drug-likeness (QED) is 0.840. The maximum atomic E-state index is 12.6. The highest BCUT2D eigenvalue weighted by Crippen LogP contribution is 2.23. The van der Waals surface area contributed by atoms with Crippen molar-refractivity contribution >= 4 is 12.1 Å². The van der Waals surface area contributed by atoms with E-state index in [-0.39, 0.29) is 13.0 Å². The van der Waals surface area contributed by atoms with Crippen molar-refractivity contribution in [3.63, 3.8) is 0 Å². The fourth-order valence-electron chi connectivity index (χ4n) is 2.35. The summed E-state index contributed by atoms with van der Waals surface area (Å²) in [6, 6.07) is 8.10. The van der Waals surface area contributed by atoms with E-state index in [1.165, 1.54) is 4.90 Å². The molecule has 6 heteroatoms. The number of hydrogen-bond donors (Lipinski definition) is 1. The number of amides is 1. The lowest BCUT2D eigenvalue weighted by molar-refractivity contribution is -0.146. The normalized spacial score (nSPS) is 13.0. The number of para-hydroxylation sites is 1. The number of carboxylic acids is 1. The standard InChI is InChI=1S/C19H29NO5/c1-18(2,3)20(17(23)25-19(4,5)6)15(16(21)22)12-13-24-14-10-8-7-9-11-14/h7-11,15H,12-13H2,1-6H3,(H,21,22)/t15-/m1/s1. The minimum atomic E-state index is -1.09. The SMILES string of the molecule is CC(C)(C)OC(=O)N([C@H](CCOc1ccccc1)C(=O)O)C(C)(C)C. The van der Waals surface area contributed by atoms with Gasteiger partial charge in [0.2, 0.25) is 0 Å². The molecule has 0 fully saturated rings. The Morgan fingerprint density at radius 1 is 1.08 bits per heavy atom. The molecule has 0 heterocycles. The Morgan fingerprint density at radius 3 is 2.08 bits per heavy atom. The van der Waals surface area contributed by atoms with Gasteiger partial charge >= 0.3 is 12.1 Å². The van der Waals surface area contributed by atoms with Gasteiger partial charge in [-0.2, -0.15) is 0 Å². The first-order valence-electron chi connectivity index (χ1n) is 8.35. The molecule has 0 unspecified atom stereocenters. The summed E-state index contributed by atoms with van der Waals surface area (Å²) in [4.78, 5) is 25.7. The Morgan fingerprint density at radius 2 is 1.64 bits per heavy atom. The van der Waals surface area contributed by atoms with E-state index in [4.69, 9.17) is 9.47 Å². The van der Waals surface area contributed by atoms with Crippen LogP contribution in [0, 0.1) is 0 Å². The van der Waals surface area contributed by atoms with Gasteiger partial charge in [-0.25, -0.2) is 9.59 Å². The van der Waals surface area contributed by atoms with Gasteiger partial charge in [0.15, 0.2) is 0 Å². The zero-order valence-corrected chi connectivity index (χ0v) is 15.9. The van der Waals surface area contributed by atoms with E-state index in [0.29, 0.717) is 5.75 Å². The summed E-state index contributed by atoms with van der Waals surface area (Å²) in [7, 11) is 0. The summed E-state index contributed by atoms with van der Waals surface area (Å²) in [5, 5.41) is 9.65. The van der Waals surface area contributed by atoms with E-state index in [9.17, 15) is 14.7 Å². The molecule has 6 nitrogen and oxygen atoms in total. The average Bonchev–Trinajstić information content (AvgIpc) is 2.43. The minimum Gasteiger partial charge on any atom is -0.494 e. The third-order valence-electron chi connectivity index (χ3n) is 3.31. The number of carbonyl (C=O) groups excluding carboxylic acids is 1. The Bertz CT molecular complexity index is 572. The summed E-state index contributed by atoms with van der Waals surface area (Å²) in [6.45, 7) is 10.8. The number of carboxylic acid groups (broad SMARTS) is 1. The molecular weight excluding hydrogens is 322 g/mol. The lowest BCUT2D eigenvalue weighted by atomic mass is 10.0. The van der Waals surface area contributed by atoms with Crippen LogP contribution in [0.1, 0.15) is 48.0 Å². The van der Waals surface area contributed by atoms with Gasteiger partial charge in [0.1, 0.15) is 17.4 Å². The first kappa shape index (κ1) is 20.8. The number of carbonyl (C=O) groups is 2. The van der Waals surface area contributed by atoms with Crippen LogP contribution in [0.15, 0.2) is 30.3 Å². The van der Waals surface area contributed by atoms with Crippen LogP contribution < -0.4 is 4.74 Å². The largest absolute Gasteiger partial charge is 0.494 e. The molecule has 1 atom stereocenters. The molecule has 1 amide bonds. The van der Waals surface area contributed by atoms with E-state index in [1.54, 1.807) is 53.7 Å². The maximum absolute atomic E-state index is 12.6. The second kappa shape index (κ2) is 8.23. The molecule has 0 aliphatic carbocycles. The fourth-order valence-corrected chi connectivity index (χ4v) is 2.35. The van der Waals surface area contributed by atoms with Crippen molar-refractivity contribution in [3.8, 4) is 5.75 Å². The molecule has 0 aromatic heterocycles. The number of ether oxygens (including phenoxy) is 2. The van der Waals surface area contributed by atoms with E-state index in [1.807, 2.05) is 18.2 Å². The molecule has 1 N–H and O–H groups in total. The van der Waals surface area contributed by atoms with E-state index in [0.717, 1.165) is 0 Å².